The summed E-state index contributed by atoms with van der Waals surface area (Å²) < 4.78 is 5.65. The Hall–Kier alpha value is -4.04. The first-order valence-corrected chi connectivity index (χ1v) is 17.9. The van der Waals surface area contributed by atoms with Gasteiger partial charge in [0.05, 0.1) is 24.3 Å². The van der Waals surface area contributed by atoms with E-state index < -0.39 is 30.1 Å². The van der Waals surface area contributed by atoms with Crippen LogP contribution in [0, 0.1) is 0 Å². The summed E-state index contributed by atoms with van der Waals surface area (Å²) >= 11 is 0. The molecule has 1 aromatic carbocycles. The number of unbranched alkanes of at least 4 members (excludes halogenated alkanes) is 10. The molecule has 9 N–H and O–H groups in total. The molecule has 3 atom stereocenters. The van der Waals surface area contributed by atoms with E-state index in [1.54, 1.807) is 18.4 Å². The summed E-state index contributed by atoms with van der Waals surface area (Å²) in [5.74, 6) is -2.37. The molecule has 1 rings (SSSR count). The van der Waals surface area contributed by atoms with Crippen LogP contribution < -0.4 is 32.2 Å². The van der Waals surface area contributed by atoms with Crippen LogP contribution in [-0.2, 0) is 24.0 Å². The van der Waals surface area contributed by atoms with Crippen LogP contribution in [0.5, 0.6) is 5.75 Å². The maximum absolute atomic E-state index is 12.3. The van der Waals surface area contributed by atoms with E-state index in [9.17, 15) is 33.9 Å². The highest BCUT2D eigenvalue weighted by Crippen LogP contribution is 2.14. The number of carboxylic acid groups (broad SMARTS) is 2. The monoisotopic (exact) mass is 704 g/mol. The number of aromatic carboxylic acids is 1. The number of carbonyl (C=O) groups excluding carboxylic acids is 4. The molecule has 0 unspecified atom stereocenters. The van der Waals surface area contributed by atoms with E-state index in [1.165, 1.54) is 12.1 Å². The van der Waals surface area contributed by atoms with Crippen molar-refractivity contribution in [3.63, 3.8) is 0 Å². The first kappa shape index (κ1) is 44.0. The maximum Gasteiger partial charge on any atom is 0.335 e. The number of nitrogens with one attached hydrogen (secondary N) is 3. The fraction of sp³-hybridized carbons (Fsp3) is 0.667. The van der Waals surface area contributed by atoms with E-state index >= 15 is 0 Å². The summed E-state index contributed by atoms with van der Waals surface area (Å²) in [7, 11) is 0. The van der Waals surface area contributed by atoms with Crippen molar-refractivity contribution in [2.24, 2.45) is 11.5 Å². The quantitative estimate of drug-likeness (QED) is 0.0553. The number of carbonyl (C=O) groups is 5. The second-order valence-corrected chi connectivity index (χ2v) is 12.6. The van der Waals surface area contributed by atoms with Gasteiger partial charge in [-0.05, 0) is 82.1 Å². The standard InChI is InChI=1S/C36H58N5O9/c37-28(26-42)14-9-11-24-40-34(45)30(38)15-10-12-23-39-32(43)22-21-31(36(48)49)41-33(44)16-8-6-4-2-1-3-5-7-13-25-50-29-19-17-27(18-20-29)35(46)47/h17-20,28,30-31H,1-16,21-25,37-38H2,(H,39,43)(H,40,45)(H,41,44)(H,46,47)(H,48,49)/t28-,30-,31-/m0/s1. The van der Waals surface area contributed by atoms with E-state index in [0.29, 0.717) is 70.4 Å². The summed E-state index contributed by atoms with van der Waals surface area (Å²) in [6, 6.07) is 3.99. The predicted octanol–water partition coefficient (Wildman–Crippen LogP) is 3.35. The number of rotatable bonds is 31. The smallest absolute Gasteiger partial charge is 0.335 e. The van der Waals surface area contributed by atoms with Crippen molar-refractivity contribution in [2.45, 2.75) is 134 Å². The van der Waals surface area contributed by atoms with Crippen molar-refractivity contribution in [3.8, 4) is 5.75 Å². The minimum Gasteiger partial charge on any atom is -0.494 e. The fourth-order valence-electron chi connectivity index (χ4n) is 5.14. The summed E-state index contributed by atoms with van der Waals surface area (Å²) in [4.78, 5) is 69.5. The van der Waals surface area contributed by atoms with Gasteiger partial charge in [-0.1, -0.05) is 44.9 Å². The first-order chi connectivity index (χ1) is 24.0. The highest BCUT2D eigenvalue weighted by Gasteiger charge is 2.21. The summed E-state index contributed by atoms with van der Waals surface area (Å²) in [5, 5.41) is 26.4. The molecule has 281 valence electrons. The van der Waals surface area contributed by atoms with E-state index in [2.05, 4.69) is 16.0 Å². The van der Waals surface area contributed by atoms with E-state index in [1.807, 2.05) is 0 Å². The molecule has 14 heteroatoms. The Labute approximate surface area is 295 Å². The topological polar surface area (TPSA) is 240 Å². The molecule has 3 amide bonds. The van der Waals surface area contributed by atoms with Gasteiger partial charge in [-0.15, -0.1) is 0 Å². The number of aliphatic carboxylic acids is 1. The average molecular weight is 705 g/mol. The Morgan fingerprint density at radius 3 is 1.86 bits per heavy atom. The largest absolute Gasteiger partial charge is 0.494 e. The Morgan fingerprint density at radius 2 is 1.26 bits per heavy atom. The third kappa shape index (κ3) is 22.6. The van der Waals surface area contributed by atoms with Crippen molar-refractivity contribution in [3.05, 3.63) is 29.8 Å². The molecule has 1 radical (unpaired) electrons. The zero-order valence-electron chi connectivity index (χ0n) is 29.3. The summed E-state index contributed by atoms with van der Waals surface area (Å²) in [6.07, 6.45) is 14.5. The predicted molar refractivity (Wildman–Crippen MR) is 189 cm³/mol. The molecule has 0 spiro atoms. The van der Waals surface area contributed by atoms with Gasteiger partial charge in [-0.3, -0.25) is 19.2 Å². The van der Waals surface area contributed by atoms with Gasteiger partial charge in [-0.25, -0.2) is 9.59 Å². The highest BCUT2D eigenvalue weighted by atomic mass is 16.5. The number of hydrogen-bond acceptors (Lipinski definition) is 9. The highest BCUT2D eigenvalue weighted by molar-refractivity contribution is 5.87. The molecule has 0 aliphatic rings. The number of ether oxygens (including phenoxy) is 1. The third-order valence-corrected chi connectivity index (χ3v) is 8.20. The SMILES string of the molecule is N[C@H]([C]=O)CCCCNC(=O)[C@@H](N)CCCCNC(=O)CC[C@H](NC(=O)CCCCCCCCCCCOc1ccc(C(=O)O)cc1)C(=O)O. The minimum absolute atomic E-state index is 0.0106. The normalized spacial score (nSPS) is 12.7. The molecular formula is C36H58N5O9. The van der Waals surface area contributed by atoms with Crippen molar-refractivity contribution in [1.29, 1.82) is 0 Å². The van der Waals surface area contributed by atoms with Gasteiger partial charge in [-0.2, -0.15) is 0 Å². The molecule has 0 fully saturated rings. The van der Waals surface area contributed by atoms with Gasteiger partial charge in [0, 0.05) is 25.9 Å². The number of carboxylic acids is 2. The number of amides is 3. The fourth-order valence-corrected chi connectivity index (χ4v) is 5.14. The van der Waals surface area contributed by atoms with Crippen LogP contribution in [0.15, 0.2) is 24.3 Å². The van der Waals surface area contributed by atoms with Crippen molar-refractivity contribution in [1.82, 2.24) is 16.0 Å². The van der Waals surface area contributed by atoms with Crippen LogP contribution in [0.4, 0.5) is 0 Å². The van der Waals surface area contributed by atoms with Crippen LogP contribution in [0.25, 0.3) is 0 Å². The molecule has 0 aliphatic carbocycles. The number of nitrogens with two attached hydrogens (primary N) is 2. The van der Waals surface area contributed by atoms with Gasteiger partial charge in [0.25, 0.3) is 0 Å². The zero-order valence-corrected chi connectivity index (χ0v) is 29.3. The third-order valence-electron chi connectivity index (χ3n) is 8.20. The van der Waals surface area contributed by atoms with Crippen molar-refractivity contribution in [2.75, 3.05) is 19.7 Å². The first-order valence-electron chi connectivity index (χ1n) is 17.9. The molecule has 0 saturated carbocycles. The molecule has 14 nitrogen and oxygen atoms in total. The molecule has 1 aromatic rings. The number of hydrogen-bond donors (Lipinski definition) is 7. The maximum atomic E-state index is 12.3. The molecule has 50 heavy (non-hydrogen) atoms. The van der Waals surface area contributed by atoms with Crippen LogP contribution in [-0.4, -0.2) is 84.0 Å². The van der Waals surface area contributed by atoms with Crippen molar-refractivity contribution < 1.29 is 43.7 Å². The molecule has 0 saturated heterocycles. The van der Waals surface area contributed by atoms with Crippen LogP contribution in [0.3, 0.4) is 0 Å². The van der Waals surface area contributed by atoms with Gasteiger partial charge < -0.3 is 42.4 Å². The lowest BCUT2D eigenvalue weighted by Crippen LogP contribution is -2.41. The summed E-state index contributed by atoms with van der Waals surface area (Å²) in [6.45, 7) is 1.41. The molecule has 0 aliphatic heterocycles. The zero-order chi connectivity index (χ0) is 37.0. The van der Waals surface area contributed by atoms with E-state index in [0.717, 1.165) is 51.4 Å². The lowest BCUT2D eigenvalue weighted by Gasteiger charge is -2.15. The van der Waals surface area contributed by atoms with Gasteiger partial charge >= 0.3 is 11.9 Å². The van der Waals surface area contributed by atoms with Gasteiger partial charge in [0.1, 0.15) is 11.8 Å². The second kappa shape index (κ2) is 27.7. The minimum atomic E-state index is -1.18. The molecular weight excluding hydrogens is 646 g/mol. The second-order valence-electron chi connectivity index (χ2n) is 12.6. The van der Waals surface area contributed by atoms with Crippen LogP contribution in [0.1, 0.15) is 126 Å². The Kier molecular flexibility index (Phi) is 24.4. The lowest BCUT2D eigenvalue weighted by molar-refractivity contribution is -0.142. The average Bonchev–Trinajstić information content (AvgIpc) is 3.09. The number of benzene rings is 1. The Morgan fingerprint density at radius 1 is 0.680 bits per heavy atom. The van der Waals surface area contributed by atoms with Crippen molar-refractivity contribution >= 4 is 35.9 Å². The molecule has 0 aromatic heterocycles. The lowest BCUT2D eigenvalue weighted by atomic mass is 10.1. The van der Waals surface area contributed by atoms with E-state index in [4.69, 9.17) is 21.3 Å². The van der Waals surface area contributed by atoms with Crippen LogP contribution >= 0.6 is 0 Å². The summed E-state index contributed by atoms with van der Waals surface area (Å²) in [5.41, 5.74) is 11.6. The molecule has 0 heterocycles. The molecule has 0 bridgehead atoms. The van der Waals surface area contributed by atoms with Crippen LogP contribution in [0.2, 0.25) is 0 Å². The Balaban J connectivity index is 2.03. The Bertz CT molecular complexity index is 1150. The van der Waals surface area contributed by atoms with Gasteiger partial charge in [0.2, 0.25) is 24.0 Å². The van der Waals surface area contributed by atoms with Gasteiger partial charge in [0.15, 0.2) is 0 Å². The van der Waals surface area contributed by atoms with E-state index in [-0.39, 0.29) is 42.5 Å².